The van der Waals surface area contributed by atoms with Gasteiger partial charge in [-0.2, -0.15) is 0 Å². The molecule has 0 radical (unpaired) electrons. The van der Waals surface area contributed by atoms with E-state index < -0.39 is 12.1 Å². The number of rotatable bonds is 6. The number of nitrogens with one attached hydrogen (secondary N) is 1. The van der Waals surface area contributed by atoms with Gasteiger partial charge >= 0.3 is 5.97 Å². The SMILES string of the molecule is Cc1cc(C)cc(OCC(=O)OC(C)C(=O)c2c(C)[nH]c3ccccc23)c1. The van der Waals surface area contributed by atoms with E-state index in [4.69, 9.17) is 9.47 Å². The van der Waals surface area contributed by atoms with Crippen LogP contribution in [0.25, 0.3) is 10.9 Å². The van der Waals surface area contributed by atoms with Crippen molar-refractivity contribution in [2.75, 3.05) is 6.61 Å². The van der Waals surface area contributed by atoms with E-state index >= 15 is 0 Å². The smallest absolute Gasteiger partial charge is 0.344 e. The maximum Gasteiger partial charge on any atom is 0.344 e. The Bertz CT molecular complexity index is 982. The molecule has 1 atom stereocenters. The fourth-order valence-corrected chi connectivity index (χ4v) is 3.24. The van der Waals surface area contributed by atoms with Crippen LogP contribution in [0.2, 0.25) is 0 Å². The van der Waals surface area contributed by atoms with E-state index in [0.717, 1.165) is 27.7 Å². The third-order valence-electron chi connectivity index (χ3n) is 4.37. The maximum atomic E-state index is 12.8. The van der Waals surface area contributed by atoms with Gasteiger partial charge in [0.25, 0.3) is 0 Å². The van der Waals surface area contributed by atoms with Crippen molar-refractivity contribution in [1.82, 2.24) is 4.98 Å². The molecule has 3 aromatic rings. The first-order valence-corrected chi connectivity index (χ1v) is 8.87. The molecule has 3 rings (SSSR count). The summed E-state index contributed by atoms with van der Waals surface area (Å²) in [4.78, 5) is 28.1. The number of esters is 1. The van der Waals surface area contributed by atoms with Gasteiger partial charge in [0.05, 0.1) is 0 Å². The molecule has 140 valence electrons. The average Bonchev–Trinajstić information content (AvgIpc) is 2.94. The number of aromatic nitrogens is 1. The molecule has 1 heterocycles. The normalized spacial score (nSPS) is 12.0. The lowest BCUT2D eigenvalue weighted by atomic mass is 10.0. The lowest BCUT2D eigenvalue weighted by Crippen LogP contribution is -2.27. The van der Waals surface area contributed by atoms with Crippen LogP contribution in [-0.4, -0.2) is 29.4 Å². The molecule has 2 aromatic carbocycles. The van der Waals surface area contributed by atoms with Crippen LogP contribution < -0.4 is 4.74 Å². The molecule has 1 N–H and O–H groups in total. The fourth-order valence-electron chi connectivity index (χ4n) is 3.24. The van der Waals surface area contributed by atoms with Crippen LogP contribution in [0.5, 0.6) is 5.75 Å². The number of ketones is 1. The van der Waals surface area contributed by atoms with Crippen molar-refractivity contribution < 1.29 is 19.1 Å². The van der Waals surface area contributed by atoms with Gasteiger partial charge in [0.2, 0.25) is 5.78 Å². The van der Waals surface area contributed by atoms with E-state index in [1.165, 1.54) is 0 Å². The van der Waals surface area contributed by atoms with Crippen LogP contribution in [0.3, 0.4) is 0 Å². The highest BCUT2D eigenvalue weighted by Crippen LogP contribution is 2.24. The first-order chi connectivity index (χ1) is 12.8. The molecule has 0 spiro atoms. The second-order valence-corrected chi connectivity index (χ2v) is 6.78. The third-order valence-corrected chi connectivity index (χ3v) is 4.37. The quantitative estimate of drug-likeness (QED) is 0.523. The number of hydrogen-bond acceptors (Lipinski definition) is 4. The van der Waals surface area contributed by atoms with Crippen molar-refractivity contribution in [2.45, 2.75) is 33.8 Å². The van der Waals surface area contributed by atoms with Crippen molar-refractivity contribution >= 4 is 22.7 Å². The molecule has 0 amide bonds. The number of ether oxygens (including phenoxy) is 2. The van der Waals surface area contributed by atoms with Crippen LogP contribution in [0.15, 0.2) is 42.5 Å². The standard InChI is InChI=1S/C22H23NO4/c1-13-9-14(2)11-17(10-13)26-12-20(24)27-16(4)22(25)21-15(3)23-19-8-6-5-7-18(19)21/h5-11,16,23H,12H2,1-4H3. The van der Waals surface area contributed by atoms with Gasteiger partial charge in [-0.1, -0.05) is 24.3 Å². The summed E-state index contributed by atoms with van der Waals surface area (Å²) >= 11 is 0. The van der Waals surface area contributed by atoms with Gasteiger partial charge in [-0.15, -0.1) is 0 Å². The molecule has 0 fully saturated rings. The van der Waals surface area contributed by atoms with E-state index in [1.54, 1.807) is 6.92 Å². The molecule has 0 aliphatic heterocycles. The Morgan fingerprint density at radius 2 is 1.70 bits per heavy atom. The largest absolute Gasteiger partial charge is 0.482 e. The van der Waals surface area contributed by atoms with Crippen molar-refractivity contribution in [2.24, 2.45) is 0 Å². The van der Waals surface area contributed by atoms with E-state index in [0.29, 0.717) is 11.3 Å². The van der Waals surface area contributed by atoms with Gasteiger partial charge < -0.3 is 14.5 Å². The zero-order chi connectivity index (χ0) is 19.6. The van der Waals surface area contributed by atoms with Gasteiger partial charge in [0.15, 0.2) is 12.7 Å². The lowest BCUT2D eigenvalue weighted by Gasteiger charge is -2.13. The molecule has 5 nitrogen and oxygen atoms in total. The van der Waals surface area contributed by atoms with Crippen LogP contribution in [0, 0.1) is 20.8 Å². The van der Waals surface area contributed by atoms with E-state index in [2.05, 4.69) is 4.98 Å². The number of carbonyl (C=O) groups excluding carboxylic acids is 2. The molecule has 5 heteroatoms. The Labute approximate surface area is 158 Å². The van der Waals surface area contributed by atoms with Crippen LogP contribution in [0.1, 0.15) is 34.1 Å². The van der Waals surface area contributed by atoms with Crippen LogP contribution >= 0.6 is 0 Å². The second-order valence-electron chi connectivity index (χ2n) is 6.78. The van der Waals surface area contributed by atoms with E-state index in [-0.39, 0.29) is 12.4 Å². The minimum atomic E-state index is -0.891. The number of aryl methyl sites for hydroxylation is 3. The molecular weight excluding hydrogens is 342 g/mol. The molecule has 0 bridgehead atoms. The van der Waals surface area contributed by atoms with E-state index in [9.17, 15) is 9.59 Å². The summed E-state index contributed by atoms with van der Waals surface area (Å²) in [7, 11) is 0. The van der Waals surface area contributed by atoms with Crippen molar-refractivity contribution in [3.05, 3.63) is 64.8 Å². The number of Topliss-reactive ketones (excluding diaryl/α,β-unsaturated/α-hetero) is 1. The van der Waals surface area contributed by atoms with Crippen molar-refractivity contribution in [1.29, 1.82) is 0 Å². The highest BCUT2D eigenvalue weighted by atomic mass is 16.6. The summed E-state index contributed by atoms with van der Waals surface area (Å²) in [5, 5.41) is 0.828. The average molecular weight is 365 g/mol. The summed E-state index contributed by atoms with van der Waals surface area (Å²) in [6, 6.07) is 13.3. The Kier molecular flexibility index (Phi) is 5.31. The molecule has 1 aromatic heterocycles. The lowest BCUT2D eigenvalue weighted by molar-refractivity contribution is -0.148. The van der Waals surface area contributed by atoms with E-state index in [1.807, 2.05) is 63.2 Å². The van der Waals surface area contributed by atoms with Gasteiger partial charge in [0.1, 0.15) is 5.75 Å². The number of fused-ring (bicyclic) bond motifs is 1. The monoisotopic (exact) mass is 365 g/mol. The number of para-hydroxylation sites is 1. The van der Waals surface area contributed by atoms with Gasteiger partial charge in [-0.3, -0.25) is 4.79 Å². The summed E-state index contributed by atoms with van der Waals surface area (Å²) in [6.45, 7) is 7.10. The molecule has 0 aliphatic carbocycles. The first-order valence-electron chi connectivity index (χ1n) is 8.87. The molecule has 0 aliphatic rings. The maximum absolute atomic E-state index is 12.8. The predicted octanol–water partition coefficient (Wildman–Crippen LogP) is 4.29. The van der Waals surface area contributed by atoms with Crippen LogP contribution in [0.4, 0.5) is 0 Å². The molecule has 1 unspecified atom stereocenters. The molecule has 0 saturated carbocycles. The summed E-state index contributed by atoms with van der Waals surface area (Å²) in [5.74, 6) is -0.201. The summed E-state index contributed by atoms with van der Waals surface area (Å²) in [5.41, 5.74) is 4.31. The first kappa shape index (κ1) is 18.7. The highest BCUT2D eigenvalue weighted by Gasteiger charge is 2.24. The Morgan fingerprint density at radius 1 is 1.04 bits per heavy atom. The number of carbonyl (C=O) groups is 2. The number of aromatic amines is 1. The Morgan fingerprint density at radius 3 is 2.41 bits per heavy atom. The number of benzene rings is 2. The minimum Gasteiger partial charge on any atom is -0.482 e. The summed E-state index contributed by atoms with van der Waals surface area (Å²) < 4.78 is 10.8. The summed E-state index contributed by atoms with van der Waals surface area (Å²) in [6.07, 6.45) is -0.891. The van der Waals surface area contributed by atoms with Gasteiger partial charge in [-0.25, -0.2) is 4.79 Å². The van der Waals surface area contributed by atoms with Crippen molar-refractivity contribution in [3.8, 4) is 5.75 Å². The number of hydrogen-bond donors (Lipinski definition) is 1. The molecule has 27 heavy (non-hydrogen) atoms. The van der Waals surface area contributed by atoms with Gasteiger partial charge in [0, 0.05) is 22.2 Å². The van der Waals surface area contributed by atoms with Crippen LogP contribution in [-0.2, 0) is 9.53 Å². The van der Waals surface area contributed by atoms with Crippen molar-refractivity contribution in [3.63, 3.8) is 0 Å². The third kappa shape index (κ3) is 4.19. The highest BCUT2D eigenvalue weighted by molar-refractivity contribution is 6.11. The van der Waals surface area contributed by atoms with Gasteiger partial charge in [-0.05, 0) is 57.0 Å². The zero-order valence-electron chi connectivity index (χ0n) is 16.0. The second kappa shape index (κ2) is 7.66. The fraction of sp³-hybridized carbons (Fsp3) is 0.273. The predicted molar refractivity (Wildman–Crippen MR) is 104 cm³/mol. The topological polar surface area (TPSA) is 68.4 Å². The Hall–Kier alpha value is -3.08. The Balaban J connectivity index is 1.65. The molecular formula is C22H23NO4. The zero-order valence-corrected chi connectivity index (χ0v) is 16.0. The molecule has 0 saturated heterocycles. The number of H-pyrrole nitrogens is 1. The minimum absolute atomic E-state index is 0.232.